The molecule has 3 aliphatic rings. The molecule has 3 aliphatic heterocycles. The molecule has 4 aromatic rings. The second kappa shape index (κ2) is 11.0. The highest BCUT2D eigenvalue weighted by atomic mass is 19.1. The maximum absolute atomic E-state index is 14.9. The Morgan fingerprint density at radius 2 is 1.52 bits per heavy atom. The van der Waals surface area contributed by atoms with Gasteiger partial charge in [0.15, 0.2) is 11.6 Å². The molecule has 1 N–H and O–H groups in total. The van der Waals surface area contributed by atoms with E-state index in [2.05, 4.69) is 12.2 Å². The van der Waals surface area contributed by atoms with E-state index in [0.29, 0.717) is 16.8 Å². The molecule has 0 unspecified atom stereocenters. The summed E-state index contributed by atoms with van der Waals surface area (Å²) in [5, 5.41) is 3.07. The first kappa shape index (κ1) is 28.0. The summed E-state index contributed by atoms with van der Waals surface area (Å²) in [7, 11) is 0. The largest absolute Gasteiger partial charge is 0.358 e. The van der Waals surface area contributed by atoms with Gasteiger partial charge in [0.05, 0.1) is 12.0 Å². The van der Waals surface area contributed by atoms with Crippen molar-refractivity contribution in [1.29, 1.82) is 0 Å². The minimum absolute atomic E-state index is 0.266. The molecule has 7 rings (SSSR count). The van der Waals surface area contributed by atoms with Crippen LogP contribution in [0.4, 0.5) is 10.1 Å². The van der Waals surface area contributed by atoms with Crippen LogP contribution in [0.5, 0.6) is 0 Å². The van der Waals surface area contributed by atoms with E-state index < -0.39 is 29.2 Å². The lowest BCUT2D eigenvalue weighted by Gasteiger charge is -2.38. The fourth-order valence-electron chi connectivity index (χ4n) is 7.55. The zero-order valence-corrected chi connectivity index (χ0v) is 24.5. The van der Waals surface area contributed by atoms with Crippen molar-refractivity contribution in [3.8, 4) is 0 Å². The zero-order chi connectivity index (χ0) is 30.4. The Hall–Kier alpha value is -4.84. The van der Waals surface area contributed by atoms with Gasteiger partial charge in [-0.25, -0.2) is 4.39 Å². The Labute approximate surface area is 256 Å². The normalized spacial score (nSPS) is 22.8. The van der Waals surface area contributed by atoms with Crippen LogP contribution in [0.1, 0.15) is 75.2 Å². The second-order valence-corrected chi connectivity index (χ2v) is 12.0. The molecule has 1 fully saturated rings. The lowest BCUT2D eigenvalue weighted by Crippen LogP contribution is -2.49. The first-order valence-corrected chi connectivity index (χ1v) is 15.3. The molecule has 0 radical (unpaired) electrons. The molecule has 4 aromatic carbocycles. The van der Waals surface area contributed by atoms with E-state index in [1.54, 1.807) is 0 Å². The standard InChI is InChI=1S/C38H33FN2O3/c1-2-3-4-9-24-14-16-26(17-15-24)34(42)32-33(35(43)27-18-20-28(39)21-19-27)41-23-22-25-10-5-6-11-29(25)36(41)38(32)30-12-7-8-13-31(30)40-37(38)44/h5-8,10-23,32-33,36H,2-4,9H2,1H3,(H,40,44)/t32-,33-,36+,38+/m0/s1. The van der Waals surface area contributed by atoms with Crippen molar-refractivity contribution in [1.82, 2.24) is 4.90 Å². The Balaban J connectivity index is 1.44. The third-order valence-corrected chi connectivity index (χ3v) is 9.56. The minimum atomic E-state index is -1.39. The quantitative estimate of drug-likeness (QED) is 0.172. The summed E-state index contributed by atoms with van der Waals surface area (Å²) in [6, 6.07) is 26.7. The molecule has 0 aromatic heterocycles. The molecular formula is C38H33FN2O3. The molecule has 1 amide bonds. The van der Waals surface area contributed by atoms with E-state index in [1.807, 2.05) is 90.0 Å². The summed E-state index contributed by atoms with van der Waals surface area (Å²) in [6.45, 7) is 2.17. The number of hydrogen-bond donors (Lipinski definition) is 1. The van der Waals surface area contributed by atoms with Crippen LogP contribution in [0.25, 0.3) is 6.08 Å². The third kappa shape index (κ3) is 4.23. The Kier molecular flexibility index (Phi) is 7.00. The molecule has 0 aliphatic carbocycles. The van der Waals surface area contributed by atoms with E-state index in [9.17, 15) is 18.8 Å². The van der Waals surface area contributed by atoms with Gasteiger partial charge < -0.3 is 10.2 Å². The highest BCUT2D eigenvalue weighted by molar-refractivity contribution is 6.16. The van der Waals surface area contributed by atoms with Gasteiger partial charge >= 0.3 is 0 Å². The number of hydrogen-bond acceptors (Lipinski definition) is 4. The molecule has 44 heavy (non-hydrogen) atoms. The van der Waals surface area contributed by atoms with Crippen LogP contribution < -0.4 is 5.32 Å². The lowest BCUT2D eigenvalue weighted by molar-refractivity contribution is -0.122. The van der Waals surface area contributed by atoms with E-state index in [-0.39, 0.29) is 23.0 Å². The van der Waals surface area contributed by atoms with Gasteiger partial charge in [0.2, 0.25) is 5.91 Å². The number of benzene rings is 4. The van der Waals surface area contributed by atoms with Gasteiger partial charge in [0.1, 0.15) is 17.3 Å². The molecule has 4 atom stereocenters. The van der Waals surface area contributed by atoms with Crippen molar-refractivity contribution < 1.29 is 18.8 Å². The van der Waals surface area contributed by atoms with Crippen LogP contribution in [0, 0.1) is 11.7 Å². The number of ketones is 2. The van der Waals surface area contributed by atoms with Crippen molar-refractivity contribution >= 4 is 29.2 Å². The maximum Gasteiger partial charge on any atom is 0.238 e. The number of anilines is 1. The molecule has 6 heteroatoms. The molecule has 220 valence electrons. The number of halogens is 1. The Bertz CT molecular complexity index is 1800. The van der Waals surface area contributed by atoms with Crippen LogP contribution >= 0.6 is 0 Å². The van der Waals surface area contributed by atoms with Crippen molar-refractivity contribution in [3.05, 3.63) is 142 Å². The van der Waals surface area contributed by atoms with Crippen molar-refractivity contribution in [2.75, 3.05) is 5.32 Å². The van der Waals surface area contributed by atoms with Gasteiger partial charge in [0.25, 0.3) is 0 Å². The highest BCUT2D eigenvalue weighted by Crippen LogP contribution is 2.62. The van der Waals surface area contributed by atoms with Crippen molar-refractivity contribution in [3.63, 3.8) is 0 Å². The van der Waals surface area contributed by atoms with Crippen LogP contribution in [0.15, 0.2) is 103 Å². The molecular weight excluding hydrogens is 551 g/mol. The molecule has 1 spiro atoms. The van der Waals surface area contributed by atoms with Crippen LogP contribution in [0.2, 0.25) is 0 Å². The van der Waals surface area contributed by atoms with Crippen molar-refractivity contribution in [2.24, 2.45) is 5.92 Å². The van der Waals surface area contributed by atoms with E-state index in [4.69, 9.17) is 0 Å². The number of nitrogens with zero attached hydrogens (tertiary/aromatic N) is 1. The average molecular weight is 585 g/mol. The number of nitrogens with one attached hydrogen (secondary N) is 1. The maximum atomic E-state index is 14.9. The number of unbranched alkanes of at least 4 members (excludes halogenated alkanes) is 2. The number of aryl methyl sites for hydroxylation is 1. The number of para-hydroxylation sites is 1. The molecule has 1 saturated heterocycles. The smallest absolute Gasteiger partial charge is 0.238 e. The fraction of sp³-hybridized carbons (Fsp3) is 0.237. The van der Waals surface area contributed by atoms with Crippen LogP contribution in [0.3, 0.4) is 0 Å². The Morgan fingerprint density at radius 3 is 2.30 bits per heavy atom. The number of carbonyl (C=O) groups excluding carboxylic acids is 3. The summed E-state index contributed by atoms with van der Waals surface area (Å²) in [4.78, 5) is 45.9. The Morgan fingerprint density at radius 1 is 0.841 bits per heavy atom. The number of rotatable bonds is 8. The van der Waals surface area contributed by atoms with Gasteiger partial charge in [-0.3, -0.25) is 14.4 Å². The molecule has 0 saturated carbocycles. The zero-order valence-electron chi connectivity index (χ0n) is 24.5. The number of fused-ring (bicyclic) bond motifs is 6. The summed E-state index contributed by atoms with van der Waals surface area (Å²) < 4.78 is 13.9. The SMILES string of the molecule is CCCCCc1ccc(C(=O)[C@@H]2[C@@H](C(=O)c3ccc(F)cc3)N3C=Cc4ccccc4[C@@H]3[C@]23C(=O)Nc2ccccc23)cc1. The van der Waals surface area contributed by atoms with E-state index in [1.165, 1.54) is 24.3 Å². The van der Waals surface area contributed by atoms with E-state index in [0.717, 1.165) is 42.4 Å². The van der Waals surface area contributed by atoms with Gasteiger partial charge in [-0.2, -0.15) is 0 Å². The van der Waals surface area contributed by atoms with Gasteiger partial charge in [-0.15, -0.1) is 0 Å². The molecule has 5 nitrogen and oxygen atoms in total. The predicted octanol–water partition coefficient (Wildman–Crippen LogP) is 7.54. The van der Waals surface area contributed by atoms with E-state index >= 15 is 0 Å². The summed E-state index contributed by atoms with van der Waals surface area (Å²) in [6.07, 6.45) is 8.04. The number of carbonyl (C=O) groups is 3. The third-order valence-electron chi connectivity index (χ3n) is 9.56. The average Bonchev–Trinajstić information content (AvgIpc) is 3.53. The molecule has 0 bridgehead atoms. The minimum Gasteiger partial charge on any atom is -0.358 e. The first-order valence-electron chi connectivity index (χ1n) is 15.3. The fourth-order valence-corrected chi connectivity index (χ4v) is 7.55. The lowest BCUT2D eigenvalue weighted by atomic mass is 9.62. The van der Waals surface area contributed by atoms with Gasteiger partial charge in [0, 0.05) is 23.0 Å². The molecule has 3 heterocycles. The monoisotopic (exact) mass is 584 g/mol. The number of amides is 1. The van der Waals surface area contributed by atoms with Crippen LogP contribution in [-0.4, -0.2) is 28.4 Å². The number of Topliss-reactive ketones (excluding diaryl/α,β-unsaturated/α-hetero) is 2. The van der Waals surface area contributed by atoms with Crippen molar-refractivity contribution in [2.45, 2.75) is 50.1 Å². The highest BCUT2D eigenvalue weighted by Gasteiger charge is 2.70. The van der Waals surface area contributed by atoms with Gasteiger partial charge in [-0.05, 0) is 71.5 Å². The second-order valence-electron chi connectivity index (χ2n) is 12.0. The predicted molar refractivity (Wildman–Crippen MR) is 169 cm³/mol. The summed E-state index contributed by atoms with van der Waals surface area (Å²) >= 11 is 0. The summed E-state index contributed by atoms with van der Waals surface area (Å²) in [5.74, 6) is -2.41. The van der Waals surface area contributed by atoms with Crippen LogP contribution in [-0.2, 0) is 16.6 Å². The first-order chi connectivity index (χ1) is 21.4. The van der Waals surface area contributed by atoms with Gasteiger partial charge in [-0.1, -0.05) is 86.5 Å². The topological polar surface area (TPSA) is 66.5 Å². The summed E-state index contributed by atoms with van der Waals surface area (Å²) in [5.41, 5.74) is 3.65.